The molecular weight excluding hydrogens is 456 g/mol. The summed E-state index contributed by atoms with van der Waals surface area (Å²) in [6, 6.07) is 12.1. The van der Waals surface area contributed by atoms with Crippen molar-refractivity contribution in [3.05, 3.63) is 54.1 Å². The second kappa shape index (κ2) is 14.2. The van der Waals surface area contributed by atoms with Crippen molar-refractivity contribution in [1.29, 1.82) is 0 Å². The van der Waals surface area contributed by atoms with Crippen molar-refractivity contribution >= 4 is 27.6 Å². The van der Waals surface area contributed by atoms with Gasteiger partial charge in [0.25, 0.3) is 10.0 Å². The minimum atomic E-state index is -3.76. The van der Waals surface area contributed by atoms with Gasteiger partial charge in [0.1, 0.15) is 5.75 Å². The molecule has 0 fully saturated rings. The van der Waals surface area contributed by atoms with Crippen LogP contribution < -0.4 is 15.2 Å². The van der Waals surface area contributed by atoms with E-state index >= 15 is 0 Å². The van der Waals surface area contributed by atoms with E-state index in [2.05, 4.69) is 4.72 Å². The number of primary amides is 1. The number of carboxylic acid groups (broad SMARTS) is 1. The molecule has 0 atom stereocenters. The van der Waals surface area contributed by atoms with Gasteiger partial charge < -0.3 is 15.6 Å². The Morgan fingerprint density at radius 1 is 0.794 bits per heavy atom. The van der Waals surface area contributed by atoms with E-state index in [1.165, 1.54) is 49.2 Å². The summed E-state index contributed by atoms with van der Waals surface area (Å²) in [6.45, 7) is 0.575. The molecule has 2 aromatic rings. The number of sulfonamides is 1. The molecule has 0 saturated carbocycles. The van der Waals surface area contributed by atoms with Crippen LogP contribution in [-0.2, 0) is 14.8 Å². The number of carbonyl (C=O) groups is 2. The lowest BCUT2D eigenvalue weighted by atomic mass is 10.1. The van der Waals surface area contributed by atoms with Crippen molar-refractivity contribution in [2.24, 2.45) is 5.73 Å². The van der Waals surface area contributed by atoms with Gasteiger partial charge >= 0.3 is 5.97 Å². The molecule has 0 saturated heterocycles. The Bertz CT molecular complexity index is 1000. The molecule has 0 heterocycles. The number of aliphatic carboxylic acids is 1. The molecule has 0 aliphatic rings. The van der Waals surface area contributed by atoms with Crippen LogP contribution in [0, 0.1) is 0 Å². The Kier molecular flexibility index (Phi) is 11.4. The maximum absolute atomic E-state index is 12.6. The van der Waals surface area contributed by atoms with Crippen molar-refractivity contribution in [3.8, 4) is 5.75 Å². The lowest BCUT2D eigenvalue weighted by Gasteiger charge is -2.10. The summed E-state index contributed by atoms with van der Waals surface area (Å²) in [6.07, 6.45) is 9.76. The second-order valence-electron chi connectivity index (χ2n) is 8.19. The summed E-state index contributed by atoms with van der Waals surface area (Å²) in [5, 5.41) is 8.60. The van der Waals surface area contributed by atoms with E-state index in [0.29, 0.717) is 23.6 Å². The second-order valence-corrected chi connectivity index (χ2v) is 9.88. The predicted molar refractivity (Wildman–Crippen MR) is 132 cm³/mol. The van der Waals surface area contributed by atoms with Gasteiger partial charge in [-0.1, -0.05) is 44.9 Å². The normalized spacial score (nSPS) is 11.2. The van der Waals surface area contributed by atoms with E-state index < -0.39 is 21.9 Å². The van der Waals surface area contributed by atoms with Crippen molar-refractivity contribution in [2.45, 2.75) is 69.1 Å². The predicted octanol–water partition coefficient (Wildman–Crippen LogP) is 4.95. The molecule has 186 valence electrons. The molecule has 0 aliphatic heterocycles. The highest BCUT2D eigenvalue weighted by Gasteiger charge is 2.14. The van der Waals surface area contributed by atoms with E-state index in [4.69, 9.17) is 15.6 Å². The van der Waals surface area contributed by atoms with Gasteiger partial charge in [-0.3, -0.25) is 14.3 Å². The molecule has 0 unspecified atom stereocenters. The summed E-state index contributed by atoms with van der Waals surface area (Å²) in [5.41, 5.74) is 5.83. The van der Waals surface area contributed by atoms with Crippen LogP contribution in [0.2, 0.25) is 0 Å². The number of carboxylic acids is 1. The highest BCUT2D eigenvalue weighted by Crippen LogP contribution is 2.20. The topological polar surface area (TPSA) is 136 Å². The van der Waals surface area contributed by atoms with Crippen LogP contribution in [0.1, 0.15) is 74.6 Å². The van der Waals surface area contributed by atoms with Gasteiger partial charge in [0, 0.05) is 17.7 Å². The molecule has 0 spiro atoms. The van der Waals surface area contributed by atoms with Crippen molar-refractivity contribution in [3.63, 3.8) is 0 Å². The third-order valence-electron chi connectivity index (χ3n) is 5.36. The zero-order chi connectivity index (χ0) is 24.8. The minimum Gasteiger partial charge on any atom is -0.494 e. The first-order valence-electron chi connectivity index (χ1n) is 11.7. The molecule has 1 amide bonds. The number of nitrogens with one attached hydrogen (secondary N) is 1. The van der Waals surface area contributed by atoms with Gasteiger partial charge in [-0.05, 0) is 61.4 Å². The fraction of sp³-hybridized carbons (Fsp3) is 0.440. The molecule has 8 nitrogen and oxygen atoms in total. The molecule has 2 aromatic carbocycles. The molecule has 2 rings (SSSR count). The molecule has 0 radical (unpaired) electrons. The van der Waals surface area contributed by atoms with Gasteiger partial charge in [-0.2, -0.15) is 0 Å². The number of rotatable bonds is 17. The summed E-state index contributed by atoms with van der Waals surface area (Å²) in [7, 11) is -3.76. The van der Waals surface area contributed by atoms with Crippen LogP contribution in [0.3, 0.4) is 0 Å². The minimum absolute atomic E-state index is 0.113. The Hall–Kier alpha value is -3.07. The van der Waals surface area contributed by atoms with Gasteiger partial charge in [-0.25, -0.2) is 8.42 Å². The zero-order valence-electron chi connectivity index (χ0n) is 19.4. The first-order valence-corrected chi connectivity index (χ1v) is 13.1. The van der Waals surface area contributed by atoms with Crippen LogP contribution in [0.4, 0.5) is 5.69 Å². The zero-order valence-corrected chi connectivity index (χ0v) is 20.2. The first kappa shape index (κ1) is 27.2. The first-order chi connectivity index (χ1) is 16.3. The van der Waals surface area contributed by atoms with Crippen LogP contribution in [0.25, 0.3) is 0 Å². The monoisotopic (exact) mass is 490 g/mol. The standard InChI is InChI=1S/C25H34N2O6S/c26-25(30)20-11-13-21(14-12-20)27-34(31,32)23-17-15-22(16-18-23)33-19-9-7-5-3-1-2-4-6-8-10-24(28)29/h11-18,27H,1-10,19H2,(H2,26,30)(H,28,29). The quantitative estimate of drug-likeness (QED) is 0.268. The smallest absolute Gasteiger partial charge is 0.303 e. The maximum Gasteiger partial charge on any atom is 0.303 e. The summed E-state index contributed by atoms with van der Waals surface area (Å²) in [4.78, 5) is 21.7. The van der Waals surface area contributed by atoms with Gasteiger partial charge in [0.15, 0.2) is 0 Å². The van der Waals surface area contributed by atoms with Crippen LogP contribution in [0.5, 0.6) is 5.75 Å². The Labute approximate surface area is 201 Å². The van der Waals surface area contributed by atoms with Crippen molar-refractivity contribution in [2.75, 3.05) is 11.3 Å². The maximum atomic E-state index is 12.6. The number of anilines is 1. The molecule has 34 heavy (non-hydrogen) atoms. The lowest BCUT2D eigenvalue weighted by molar-refractivity contribution is -0.137. The summed E-state index contributed by atoms with van der Waals surface area (Å²) in [5.74, 6) is -0.677. The number of carbonyl (C=O) groups excluding carboxylic acids is 1. The lowest BCUT2D eigenvalue weighted by Crippen LogP contribution is -2.14. The molecule has 0 aromatic heterocycles. The number of hydrogen-bond acceptors (Lipinski definition) is 5. The molecule has 0 aliphatic carbocycles. The third-order valence-corrected chi connectivity index (χ3v) is 6.76. The van der Waals surface area contributed by atoms with Gasteiger partial charge in [-0.15, -0.1) is 0 Å². The van der Waals surface area contributed by atoms with Crippen LogP contribution >= 0.6 is 0 Å². The largest absolute Gasteiger partial charge is 0.494 e. The van der Waals surface area contributed by atoms with E-state index in [1.54, 1.807) is 12.1 Å². The van der Waals surface area contributed by atoms with Crippen molar-refractivity contribution in [1.82, 2.24) is 0 Å². The fourth-order valence-electron chi connectivity index (χ4n) is 3.44. The SMILES string of the molecule is NC(=O)c1ccc(NS(=O)(=O)c2ccc(OCCCCCCCCCCCC(=O)O)cc2)cc1. The van der Waals surface area contributed by atoms with E-state index in [-0.39, 0.29) is 11.3 Å². The Balaban J connectivity index is 1.62. The number of benzene rings is 2. The number of amides is 1. The number of hydrogen-bond donors (Lipinski definition) is 3. The van der Waals surface area contributed by atoms with Crippen LogP contribution in [0.15, 0.2) is 53.4 Å². The van der Waals surface area contributed by atoms with Crippen LogP contribution in [-0.4, -0.2) is 32.0 Å². The van der Waals surface area contributed by atoms with Gasteiger partial charge in [0.05, 0.1) is 11.5 Å². The summed E-state index contributed by atoms with van der Waals surface area (Å²) >= 11 is 0. The van der Waals surface area contributed by atoms with E-state index in [1.807, 2.05) is 0 Å². The Morgan fingerprint density at radius 3 is 1.85 bits per heavy atom. The van der Waals surface area contributed by atoms with E-state index in [9.17, 15) is 18.0 Å². The average molecular weight is 491 g/mol. The highest BCUT2D eigenvalue weighted by molar-refractivity contribution is 7.92. The number of unbranched alkanes of at least 4 members (excludes halogenated alkanes) is 8. The number of nitrogens with two attached hydrogens (primary N) is 1. The van der Waals surface area contributed by atoms with Gasteiger partial charge in [0.2, 0.25) is 5.91 Å². The fourth-order valence-corrected chi connectivity index (χ4v) is 4.50. The molecule has 9 heteroatoms. The highest BCUT2D eigenvalue weighted by atomic mass is 32.2. The summed E-state index contributed by atoms with van der Waals surface area (Å²) < 4.78 is 33.3. The molecule has 4 N–H and O–H groups in total. The molecular formula is C25H34N2O6S. The molecule has 0 bridgehead atoms. The number of ether oxygens (including phenoxy) is 1. The Morgan fingerprint density at radius 2 is 1.32 bits per heavy atom. The third kappa shape index (κ3) is 10.2. The van der Waals surface area contributed by atoms with Crippen molar-refractivity contribution < 1.29 is 27.9 Å². The van der Waals surface area contributed by atoms with E-state index in [0.717, 1.165) is 44.9 Å². The average Bonchev–Trinajstić information content (AvgIpc) is 2.80.